The molecule has 0 bridgehead atoms. The van der Waals surface area contributed by atoms with E-state index in [2.05, 4.69) is 237 Å². The molecule has 0 aliphatic rings. The number of rotatable bonds is 7. The maximum atomic E-state index is 5.66. The molecular weight excluding hydrogens is 831 g/mol. The third kappa shape index (κ3) is 5.76. The molecule has 9 aromatic carbocycles. The van der Waals surface area contributed by atoms with Crippen LogP contribution in [0.15, 0.2) is 237 Å². The molecule has 5 heterocycles. The Balaban J connectivity index is 1.13. The van der Waals surface area contributed by atoms with Gasteiger partial charge in [0.2, 0.25) is 11.9 Å². The molecule has 14 aromatic rings. The molecule has 0 spiro atoms. The molecule has 7 heteroatoms. The zero-order chi connectivity index (χ0) is 44.7. The lowest BCUT2D eigenvalue weighted by Gasteiger charge is -2.15. The van der Waals surface area contributed by atoms with E-state index in [0.717, 1.165) is 105 Å². The quantitative estimate of drug-likeness (QED) is 0.160. The molecule has 0 radical (unpaired) electrons. The summed E-state index contributed by atoms with van der Waals surface area (Å²) in [6.45, 7) is 0. The van der Waals surface area contributed by atoms with E-state index in [0.29, 0.717) is 17.7 Å². The fourth-order valence-corrected chi connectivity index (χ4v) is 10.5. The average Bonchev–Trinajstić information content (AvgIpc) is 4.14. The van der Waals surface area contributed by atoms with Crippen molar-refractivity contribution in [1.82, 2.24) is 33.2 Å². The van der Waals surface area contributed by atoms with Crippen LogP contribution in [0, 0.1) is 0 Å². The summed E-state index contributed by atoms with van der Waals surface area (Å²) < 4.78 is 9.26. The molecule has 0 amide bonds. The first-order valence-electron chi connectivity index (χ1n) is 23.0. The second kappa shape index (κ2) is 15.1. The van der Waals surface area contributed by atoms with Crippen molar-refractivity contribution >= 4 is 65.7 Å². The molecule has 7 nitrogen and oxygen atoms in total. The van der Waals surface area contributed by atoms with Crippen molar-refractivity contribution in [2.75, 3.05) is 0 Å². The van der Waals surface area contributed by atoms with Crippen molar-refractivity contribution in [3.8, 4) is 56.9 Å². The Morgan fingerprint density at radius 2 is 0.603 bits per heavy atom. The summed E-state index contributed by atoms with van der Waals surface area (Å²) in [4.78, 5) is 16.6. The summed E-state index contributed by atoms with van der Waals surface area (Å²) in [5, 5.41) is 6.80. The minimum absolute atomic E-state index is 0.517. The van der Waals surface area contributed by atoms with Crippen LogP contribution in [0.5, 0.6) is 0 Å². The Labute approximate surface area is 390 Å². The summed E-state index contributed by atoms with van der Waals surface area (Å²) in [6, 6.07) is 83.7. The van der Waals surface area contributed by atoms with Crippen LogP contribution in [0.2, 0.25) is 0 Å². The first-order valence-corrected chi connectivity index (χ1v) is 23.0. The highest BCUT2D eigenvalue weighted by Crippen LogP contribution is 2.44. The van der Waals surface area contributed by atoms with Crippen LogP contribution < -0.4 is 0 Å². The van der Waals surface area contributed by atoms with Gasteiger partial charge in [-0.25, -0.2) is 0 Å². The topological polar surface area (TPSA) is 58.4 Å². The molecule has 68 heavy (non-hydrogen) atoms. The van der Waals surface area contributed by atoms with Gasteiger partial charge in [-0.1, -0.05) is 188 Å². The van der Waals surface area contributed by atoms with Gasteiger partial charge in [-0.05, 0) is 70.8 Å². The van der Waals surface area contributed by atoms with E-state index in [-0.39, 0.29) is 0 Å². The lowest BCUT2D eigenvalue weighted by Crippen LogP contribution is -2.12. The summed E-state index contributed by atoms with van der Waals surface area (Å²) in [5.41, 5.74) is 13.7. The minimum Gasteiger partial charge on any atom is -0.295 e. The van der Waals surface area contributed by atoms with Gasteiger partial charge in [0.05, 0.1) is 22.1 Å². The lowest BCUT2D eigenvalue weighted by molar-refractivity contribution is 0.875. The van der Waals surface area contributed by atoms with Crippen LogP contribution in [0.3, 0.4) is 0 Å². The fraction of sp³-hybridized carbons (Fsp3) is 0. The van der Waals surface area contributed by atoms with E-state index < -0.39 is 0 Å². The van der Waals surface area contributed by atoms with E-state index in [1.165, 1.54) is 0 Å². The summed E-state index contributed by atoms with van der Waals surface area (Å²) in [7, 11) is 0. The summed E-state index contributed by atoms with van der Waals surface area (Å²) >= 11 is 0. The van der Waals surface area contributed by atoms with Crippen LogP contribution in [0.25, 0.3) is 123 Å². The number of hydrogen-bond donors (Lipinski definition) is 0. The monoisotopic (exact) mass is 869 g/mol. The largest absolute Gasteiger partial charge is 0.295 e. The number of aromatic nitrogens is 7. The molecule has 318 valence electrons. The summed E-state index contributed by atoms with van der Waals surface area (Å²) in [5.74, 6) is 1.61. The molecule has 5 aromatic heterocycles. The lowest BCUT2D eigenvalue weighted by atomic mass is 10.0. The highest BCUT2D eigenvalue weighted by atomic mass is 15.3. The molecule has 14 rings (SSSR count). The molecule has 0 saturated carbocycles. The number of nitrogens with zero attached hydrogens (tertiary/aromatic N) is 7. The van der Waals surface area contributed by atoms with E-state index >= 15 is 0 Å². The van der Waals surface area contributed by atoms with E-state index in [1.54, 1.807) is 0 Å². The second-order valence-electron chi connectivity index (χ2n) is 17.3. The highest BCUT2D eigenvalue weighted by molar-refractivity contribution is 6.24. The maximum absolute atomic E-state index is 5.66. The first-order chi connectivity index (χ1) is 33.8. The van der Waals surface area contributed by atoms with Crippen molar-refractivity contribution in [2.45, 2.75) is 0 Å². The molecule has 0 aliphatic heterocycles. The van der Waals surface area contributed by atoms with Gasteiger partial charge < -0.3 is 0 Å². The van der Waals surface area contributed by atoms with Crippen LogP contribution >= 0.6 is 0 Å². The van der Waals surface area contributed by atoms with Gasteiger partial charge in [0.15, 0.2) is 5.82 Å². The third-order valence-corrected chi connectivity index (χ3v) is 13.4. The van der Waals surface area contributed by atoms with Crippen molar-refractivity contribution in [2.24, 2.45) is 0 Å². The van der Waals surface area contributed by atoms with Crippen molar-refractivity contribution < 1.29 is 0 Å². The molecule has 0 atom stereocenters. The fourth-order valence-electron chi connectivity index (χ4n) is 10.5. The predicted molar refractivity (Wildman–Crippen MR) is 278 cm³/mol. The molecule has 0 saturated heterocycles. The first kappa shape index (κ1) is 38.0. The number of fused-ring (bicyclic) bond motifs is 10. The van der Waals surface area contributed by atoms with Crippen molar-refractivity contribution in [1.29, 1.82) is 0 Å². The van der Waals surface area contributed by atoms with Gasteiger partial charge in [-0.3, -0.25) is 18.3 Å². The molecule has 0 N–H and O–H groups in total. The Bertz CT molecular complexity index is 3970. The molecular formula is C61H39N7. The average molecular weight is 870 g/mol. The van der Waals surface area contributed by atoms with Crippen LogP contribution in [-0.4, -0.2) is 33.2 Å². The van der Waals surface area contributed by atoms with Crippen LogP contribution in [0.1, 0.15) is 0 Å². The maximum Gasteiger partial charge on any atom is 0.241 e. The Hall–Kier alpha value is -9.33. The second-order valence-corrected chi connectivity index (χ2v) is 17.3. The SMILES string of the molecule is c1ccc(-c2ccc3c4c5ccccc5n(-c5nc(-c6ccccc6)nc(-n6c7ccccc7c7c8ccc(-c9ccccc9)cc8n(-c8ccccc8)c76)n5)c4n(-c4ccccc4)c3c2)cc1. The van der Waals surface area contributed by atoms with Gasteiger partial charge in [-0.2, -0.15) is 15.0 Å². The normalized spacial score (nSPS) is 11.8. The zero-order valence-corrected chi connectivity index (χ0v) is 36.6. The number of benzene rings is 9. The van der Waals surface area contributed by atoms with Crippen LogP contribution in [-0.2, 0) is 0 Å². The molecule has 0 fully saturated rings. The van der Waals surface area contributed by atoms with Crippen molar-refractivity contribution in [3.63, 3.8) is 0 Å². The number of para-hydroxylation sites is 4. The van der Waals surface area contributed by atoms with Gasteiger partial charge in [0.25, 0.3) is 0 Å². The van der Waals surface area contributed by atoms with E-state index in [9.17, 15) is 0 Å². The standard InChI is InChI=1S/C61H39N7/c1-6-20-40(21-7-1)43-34-36-49-53(38-43)65(45-26-12-4-13-27-45)58-55(49)47-30-16-18-32-51(47)67(58)60-62-57(42-24-10-3-11-25-42)63-61(64-60)68-52-33-19-17-31-48(52)56-50-37-35-44(41-22-8-2-9-23-41)39-54(50)66(59(56)68)46-28-14-5-15-29-46/h1-39H. The van der Waals surface area contributed by atoms with Crippen molar-refractivity contribution in [3.05, 3.63) is 237 Å². The molecule has 0 aliphatic carbocycles. The van der Waals surface area contributed by atoms with Gasteiger partial charge in [-0.15, -0.1) is 0 Å². The van der Waals surface area contributed by atoms with Gasteiger partial charge in [0, 0.05) is 49.3 Å². The molecule has 0 unspecified atom stereocenters. The Kier molecular flexibility index (Phi) is 8.45. The van der Waals surface area contributed by atoms with Gasteiger partial charge >= 0.3 is 0 Å². The summed E-state index contributed by atoms with van der Waals surface area (Å²) in [6.07, 6.45) is 0. The van der Waals surface area contributed by atoms with E-state index in [1.807, 2.05) is 18.2 Å². The zero-order valence-electron chi connectivity index (χ0n) is 36.6. The smallest absolute Gasteiger partial charge is 0.241 e. The predicted octanol–water partition coefficient (Wildman–Crippen LogP) is 15.0. The minimum atomic E-state index is 0.517. The van der Waals surface area contributed by atoms with Crippen LogP contribution in [0.4, 0.5) is 0 Å². The Morgan fingerprint density at radius 3 is 1.03 bits per heavy atom. The highest BCUT2D eigenvalue weighted by Gasteiger charge is 2.28. The van der Waals surface area contributed by atoms with Gasteiger partial charge in [0.1, 0.15) is 11.3 Å². The number of hydrogen-bond acceptors (Lipinski definition) is 3. The Morgan fingerprint density at radius 1 is 0.250 bits per heavy atom. The van der Waals surface area contributed by atoms with E-state index in [4.69, 9.17) is 15.0 Å². The third-order valence-electron chi connectivity index (χ3n) is 13.4.